The van der Waals surface area contributed by atoms with E-state index >= 15 is 0 Å². The first kappa shape index (κ1) is 13.4. The molecule has 17 heavy (non-hydrogen) atoms. The lowest BCUT2D eigenvalue weighted by molar-refractivity contribution is -0.137. The number of ketones is 1. The fourth-order valence-electron chi connectivity index (χ4n) is 1.70. The average molecular weight is 234 g/mol. The maximum Gasteiger partial charge on any atom is 0.303 e. The minimum atomic E-state index is -0.769. The number of aryl methyl sites for hydroxylation is 1. The van der Waals surface area contributed by atoms with Crippen LogP contribution in [-0.2, 0) is 4.79 Å². The number of carbonyl (C=O) groups is 2. The quantitative estimate of drug-likeness (QED) is 0.582. The molecular weight excluding hydrogens is 216 g/mol. The third-order valence-corrected chi connectivity index (χ3v) is 2.63. The molecule has 3 heteroatoms. The van der Waals surface area contributed by atoms with Gasteiger partial charge in [-0.3, -0.25) is 9.59 Å². The summed E-state index contributed by atoms with van der Waals surface area (Å²) in [5.74, 6) is -0.626. The minimum Gasteiger partial charge on any atom is -0.481 e. The summed E-state index contributed by atoms with van der Waals surface area (Å²) in [6, 6.07) is 7.56. The number of carboxylic acid groups (broad SMARTS) is 1. The fraction of sp³-hybridized carbons (Fsp3) is 0.429. The van der Waals surface area contributed by atoms with Crippen molar-refractivity contribution in [3.8, 4) is 0 Å². The summed E-state index contributed by atoms with van der Waals surface area (Å²) >= 11 is 0. The molecule has 0 unspecified atom stereocenters. The second-order valence-electron chi connectivity index (χ2n) is 4.25. The fourth-order valence-corrected chi connectivity index (χ4v) is 1.70. The first-order valence-electron chi connectivity index (χ1n) is 5.91. The van der Waals surface area contributed by atoms with Crippen molar-refractivity contribution in [3.63, 3.8) is 0 Å². The topological polar surface area (TPSA) is 54.4 Å². The van der Waals surface area contributed by atoms with Crippen molar-refractivity contribution in [2.45, 2.75) is 39.0 Å². The molecule has 1 rings (SSSR count). The van der Waals surface area contributed by atoms with Crippen LogP contribution < -0.4 is 0 Å². The van der Waals surface area contributed by atoms with Gasteiger partial charge < -0.3 is 5.11 Å². The number of aliphatic carboxylic acids is 1. The monoisotopic (exact) mass is 234 g/mol. The van der Waals surface area contributed by atoms with Crippen LogP contribution in [-0.4, -0.2) is 16.9 Å². The lowest BCUT2D eigenvalue weighted by atomic mass is 10.0. The van der Waals surface area contributed by atoms with Gasteiger partial charge in [0.05, 0.1) is 0 Å². The number of hydrogen-bond donors (Lipinski definition) is 1. The van der Waals surface area contributed by atoms with Crippen molar-refractivity contribution < 1.29 is 14.7 Å². The van der Waals surface area contributed by atoms with Crippen LogP contribution in [0, 0.1) is 6.92 Å². The zero-order chi connectivity index (χ0) is 12.7. The molecular formula is C14H18O3. The van der Waals surface area contributed by atoms with E-state index in [4.69, 9.17) is 5.11 Å². The van der Waals surface area contributed by atoms with E-state index < -0.39 is 5.97 Å². The highest BCUT2D eigenvalue weighted by Crippen LogP contribution is 2.10. The lowest BCUT2D eigenvalue weighted by Crippen LogP contribution is -2.00. The third-order valence-electron chi connectivity index (χ3n) is 2.63. The first-order valence-corrected chi connectivity index (χ1v) is 5.91. The Morgan fingerprint density at radius 2 is 1.82 bits per heavy atom. The van der Waals surface area contributed by atoms with Gasteiger partial charge >= 0.3 is 5.97 Å². The zero-order valence-electron chi connectivity index (χ0n) is 10.1. The predicted molar refractivity (Wildman–Crippen MR) is 66.2 cm³/mol. The molecule has 0 saturated heterocycles. The van der Waals surface area contributed by atoms with Crippen LogP contribution in [0.15, 0.2) is 24.3 Å². The minimum absolute atomic E-state index is 0.143. The number of unbranched alkanes of at least 4 members (excludes halogenated alkanes) is 2. The molecule has 0 fully saturated rings. The molecule has 0 bridgehead atoms. The number of benzene rings is 1. The Hall–Kier alpha value is -1.64. The van der Waals surface area contributed by atoms with Gasteiger partial charge in [0.15, 0.2) is 5.78 Å². The molecule has 92 valence electrons. The molecule has 0 amide bonds. The largest absolute Gasteiger partial charge is 0.481 e. The van der Waals surface area contributed by atoms with E-state index in [2.05, 4.69) is 0 Å². The molecule has 0 saturated carbocycles. The summed E-state index contributed by atoms with van der Waals surface area (Å²) in [5, 5.41) is 8.46. The van der Waals surface area contributed by atoms with Gasteiger partial charge in [0.1, 0.15) is 0 Å². The molecule has 0 radical (unpaired) electrons. The van der Waals surface area contributed by atoms with E-state index in [9.17, 15) is 9.59 Å². The van der Waals surface area contributed by atoms with Gasteiger partial charge in [-0.15, -0.1) is 0 Å². The molecule has 1 N–H and O–H groups in total. The summed E-state index contributed by atoms with van der Waals surface area (Å²) in [4.78, 5) is 22.1. The van der Waals surface area contributed by atoms with Crippen molar-refractivity contribution in [2.75, 3.05) is 0 Å². The Morgan fingerprint density at radius 3 is 2.47 bits per heavy atom. The highest BCUT2D eigenvalue weighted by Gasteiger charge is 2.05. The van der Waals surface area contributed by atoms with E-state index in [-0.39, 0.29) is 12.2 Å². The second-order valence-corrected chi connectivity index (χ2v) is 4.25. The Morgan fingerprint density at radius 1 is 1.12 bits per heavy atom. The summed E-state index contributed by atoms with van der Waals surface area (Å²) in [5.41, 5.74) is 1.84. The van der Waals surface area contributed by atoms with Crippen LogP contribution in [0.25, 0.3) is 0 Å². The van der Waals surface area contributed by atoms with E-state index in [0.29, 0.717) is 12.8 Å². The summed E-state index contributed by atoms with van der Waals surface area (Å²) in [6.07, 6.45) is 2.90. The molecule has 3 nitrogen and oxygen atoms in total. The Kier molecular flexibility index (Phi) is 5.40. The molecule has 0 aliphatic heterocycles. The molecule has 0 atom stereocenters. The van der Waals surface area contributed by atoms with E-state index in [1.165, 1.54) is 0 Å². The molecule has 1 aromatic carbocycles. The zero-order valence-corrected chi connectivity index (χ0v) is 10.1. The van der Waals surface area contributed by atoms with Gasteiger partial charge in [0.2, 0.25) is 0 Å². The lowest BCUT2D eigenvalue weighted by Gasteiger charge is -2.02. The van der Waals surface area contributed by atoms with Crippen LogP contribution in [0.1, 0.15) is 48.0 Å². The number of hydrogen-bond acceptors (Lipinski definition) is 2. The van der Waals surface area contributed by atoms with E-state index in [1.54, 1.807) is 0 Å². The van der Waals surface area contributed by atoms with Crippen molar-refractivity contribution in [1.29, 1.82) is 0 Å². The average Bonchev–Trinajstić information content (AvgIpc) is 2.28. The number of carbonyl (C=O) groups excluding carboxylic acids is 1. The smallest absolute Gasteiger partial charge is 0.303 e. The Balaban J connectivity index is 2.28. The van der Waals surface area contributed by atoms with E-state index in [1.807, 2.05) is 31.2 Å². The SMILES string of the molecule is Cc1cccc(C(=O)CCCCCC(=O)O)c1. The van der Waals surface area contributed by atoms with Crippen LogP contribution >= 0.6 is 0 Å². The van der Waals surface area contributed by atoms with Gasteiger partial charge in [-0.1, -0.05) is 30.2 Å². The number of Topliss-reactive ketones (excluding diaryl/α,β-unsaturated/α-hetero) is 1. The Labute approximate surface area is 101 Å². The summed E-state index contributed by atoms with van der Waals surface area (Å²) in [7, 11) is 0. The van der Waals surface area contributed by atoms with Gasteiger partial charge in [-0.25, -0.2) is 0 Å². The van der Waals surface area contributed by atoms with Crippen molar-refractivity contribution in [3.05, 3.63) is 35.4 Å². The molecule has 0 spiro atoms. The normalized spacial score (nSPS) is 10.2. The predicted octanol–water partition coefficient (Wildman–Crippen LogP) is 3.21. The molecule has 0 aromatic heterocycles. The van der Waals surface area contributed by atoms with Gasteiger partial charge in [0.25, 0.3) is 0 Å². The highest BCUT2D eigenvalue weighted by atomic mass is 16.4. The van der Waals surface area contributed by atoms with E-state index in [0.717, 1.165) is 24.0 Å². The molecule has 0 heterocycles. The molecule has 1 aromatic rings. The highest BCUT2D eigenvalue weighted by molar-refractivity contribution is 5.96. The van der Waals surface area contributed by atoms with Crippen molar-refractivity contribution >= 4 is 11.8 Å². The van der Waals surface area contributed by atoms with Crippen molar-refractivity contribution in [2.24, 2.45) is 0 Å². The van der Waals surface area contributed by atoms with Gasteiger partial charge in [0, 0.05) is 18.4 Å². The number of rotatable bonds is 7. The van der Waals surface area contributed by atoms with Gasteiger partial charge in [-0.2, -0.15) is 0 Å². The van der Waals surface area contributed by atoms with Crippen LogP contribution in [0.4, 0.5) is 0 Å². The third kappa shape index (κ3) is 5.29. The molecule has 0 aliphatic carbocycles. The Bertz CT molecular complexity index is 396. The van der Waals surface area contributed by atoms with Crippen LogP contribution in [0.3, 0.4) is 0 Å². The van der Waals surface area contributed by atoms with Crippen molar-refractivity contribution in [1.82, 2.24) is 0 Å². The second kappa shape index (κ2) is 6.84. The maximum atomic E-state index is 11.8. The number of carboxylic acids is 1. The first-order chi connectivity index (χ1) is 8.09. The summed E-state index contributed by atoms with van der Waals surface area (Å²) < 4.78 is 0. The standard InChI is InChI=1S/C14H18O3/c1-11-6-5-7-12(10-11)13(15)8-3-2-4-9-14(16)17/h5-7,10H,2-4,8-9H2,1H3,(H,16,17). The van der Waals surface area contributed by atoms with Crippen LogP contribution in [0.2, 0.25) is 0 Å². The molecule has 0 aliphatic rings. The maximum absolute atomic E-state index is 11.8. The van der Waals surface area contributed by atoms with Crippen LogP contribution in [0.5, 0.6) is 0 Å². The van der Waals surface area contributed by atoms with Gasteiger partial charge in [-0.05, 0) is 25.8 Å². The summed E-state index contributed by atoms with van der Waals surface area (Å²) in [6.45, 7) is 1.96.